The maximum atomic E-state index is 14.2. The molecule has 1 unspecified atom stereocenters. The maximum absolute atomic E-state index is 14.2. The summed E-state index contributed by atoms with van der Waals surface area (Å²) in [6.45, 7) is 3.79. The van der Waals surface area contributed by atoms with E-state index in [9.17, 15) is 9.18 Å². The van der Waals surface area contributed by atoms with E-state index < -0.39 is 11.9 Å². The van der Waals surface area contributed by atoms with Crippen molar-refractivity contribution in [2.24, 2.45) is 0 Å². The number of furan rings is 1. The maximum Gasteiger partial charge on any atom is 0.239 e. The number of hydrogen-bond donors (Lipinski definition) is 2. The average molecular weight is 515 g/mol. The Bertz CT molecular complexity index is 1340. The second kappa shape index (κ2) is 9.99. The molecule has 1 aromatic carbocycles. The highest BCUT2D eigenvalue weighted by Gasteiger charge is 2.29. The number of halogens is 2. The molecule has 5 rings (SSSR count). The van der Waals surface area contributed by atoms with Gasteiger partial charge in [0.25, 0.3) is 0 Å². The van der Waals surface area contributed by atoms with Crippen LogP contribution in [-0.2, 0) is 4.79 Å². The number of nitrogens with one attached hydrogen (secondary N) is 1. The van der Waals surface area contributed by atoms with Gasteiger partial charge >= 0.3 is 0 Å². The molecular weight excluding hydrogens is 487 g/mol. The number of carbonyl (C=O) groups is 1. The van der Waals surface area contributed by atoms with Crippen LogP contribution in [0.3, 0.4) is 0 Å². The zero-order valence-electron chi connectivity index (χ0n) is 20.1. The number of hydrogen-bond acceptors (Lipinski definition) is 7. The minimum absolute atomic E-state index is 0.0752. The fourth-order valence-electron chi connectivity index (χ4n) is 4.91. The summed E-state index contributed by atoms with van der Waals surface area (Å²) in [5.41, 5.74) is 8.89. The van der Waals surface area contributed by atoms with E-state index in [0.717, 1.165) is 35.9 Å². The Kier molecular flexibility index (Phi) is 6.77. The van der Waals surface area contributed by atoms with Crippen LogP contribution in [0, 0.1) is 5.82 Å². The summed E-state index contributed by atoms with van der Waals surface area (Å²) in [5.74, 6) is 0.361. The van der Waals surface area contributed by atoms with Crippen LogP contribution in [0.25, 0.3) is 16.5 Å². The smallest absolute Gasteiger partial charge is 0.239 e. The van der Waals surface area contributed by atoms with Gasteiger partial charge < -0.3 is 29.8 Å². The molecule has 4 heterocycles. The minimum Gasteiger partial charge on any atom is -0.496 e. The Hall–Kier alpha value is -3.30. The molecule has 0 bridgehead atoms. The number of nitrogens with two attached hydrogens (primary N) is 1. The molecule has 1 amide bonds. The lowest BCUT2D eigenvalue weighted by Crippen LogP contribution is -2.45. The van der Waals surface area contributed by atoms with Gasteiger partial charge in [-0.1, -0.05) is 17.7 Å². The molecule has 0 radical (unpaired) electrons. The van der Waals surface area contributed by atoms with Gasteiger partial charge in [-0.15, -0.1) is 0 Å². The van der Waals surface area contributed by atoms with E-state index in [1.54, 1.807) is 19.4 Å². The SMILES string of the molecule is COc1ccc(F)c(Cl)c1[C@@H](C)Oc1c(N)ncc2c(C3=CCN(C(=O)C4CCCN4)CC3)coc12. The summed E-state index contributed by atoms with van der Waals surface area (Å²) in [5, 5.41) is 3.93. The summed E-state index contributed by atoms with van der Waals surface area (Å²) in [4.78, 5) is 18.9. The Balaban J connectivity index is 1.41. The molecule has 2 atom stereocenters. The van der Waals surface area contributed by atoms with Gasteiger partial charge in [0.2, 0.25) is 11.7 Å². The van der Waals surface area contributed by atoms with Gasteiger partial charge in [-0.2, -0.15) is 0 Å². The molecule has 3 N–H and O–H groups in total. The normalized spacial score (nSPS) is 18.8. The van der Waals surface area contributed by atoms with E-state index in [4.69, 9.17) is 31.2 Å². The van der Waals surface area contributed by atoms with Crippen LogP contribution in [0.1, 0.15) is 43.4 Å². The van der Waals surface area contributed by atoms with Crippen molar-refractivity contribution in [2.75, 3.05) is 32.5 Å². The Morgan fingerprint density at radius 1 is 1.42 bits per heavy atom. The number of nitrogens with zero attached hydrogens (tertiary/aromatic N) is 2. The molecule has 1 saturated heterocycles. The highest BCUT2D eigenvalue weighted by molar-refractivity contribution is 6.31. The number of anilines is 1. The van der Waals surface area contributed by atoms with Crippen LogP contribution >= 0.6 is 11.6 Å². The average Bonchev–Trinajstić information content (AvgIpc) is 3.57. The van der Waals surface area contributed by atoms with Crippen LogP contribution in [0.4, 0.5) is 10.2 Å². The summed E-state index contributed by atoms with van der Waals surface area (Å²) >= 11 is 6.23. The largest absolute Gasteiger partial charge is 0.496 e. The Morgan fingerprint density at radius 2 is 2.25 bits per heavy atom. The topological polar surface area (TPSA) is 103 Å². The first kappa shape index (κ1) is 24.4. The molecule has 3 aromatic rings. The van der Waals surface area contributed by atoms with E-state index in [0.29, 0.717) is 36.4 Å². The second-order valence-electron chi connectivity index (χ2n) is 9.01. The van der Waals surface area contributed by atoms with Crippen molar-refractivity contribution >= 4 is 39.9 Å². The lowest BCUT2D eigenvalue weighted by atomic mass is 9.99. The fraction of sp³-hybridized carbons (Fsp3) is 0.385. The first-order valence-electron chi connectivity index (χ1n) is 11.9. The fourth-order valence-corrected chi connectivity index (χ4v) is 5.22. The van der Waals surface area contributed by atoms with Crippen LogP contribution in [0.15, 0.2) is 35.1 Å². The minimum atomic E-state index is -0.705. The number of carbonyl (C=O) groups excluding carboxylic acids is 1. The van der Waals surface area contributed by atoms with Crippen LogP contribution < -0.4 is 20.5 Å². The zero-order valence-corrected chi connectivity index (χ0v) is 20.9. The van der Waals surface area contributed by atoms with E-state index in [2.05, 4.69) is 16.4 Å². The first-order valence-corrected chi connectivity index (χ1v) is 12.3. The van der Waals surface area contributed by atoms with Crippen LogP contribution in [0.2, 0.25) is 5.02 Å². The third kappa shape index (κ3) is 4.37. The highest BCUT2D eigenvalue weighted by atomic mass is 35.5. The lowest BCUT2D eigenvalue weighted by Gasteiger charge is -2.28. The van der Waals surface area contributed by atoms with Crippen molar-refractivity contribution in [3.8, 4) is 11.5 Å². The molecule has 1 fully saturated rings. The summed E-state index contributed by atoms with van der Waals surface area (Å²) in [7, 11) is 1.48. The highest BCUT2D eigenvalue weighted by Crippen LogP contribution is 2.42. The van der Waals surface area contributed by atoms with Gasteiger partial charge in [0.05, 0.1) is 35.4 Å². The van der Waals surface area contributed by atoms with Gasteiger partial charge in [0.15, 0.2) is 11.4 Å². The number of benzene rings is 1. The van der Waals surface area contributed by atoms with Gasteiger partial charge in [0.1, 0.15) is 17.7 Å². The van der Waals surface area contributed by atoms with Gasteiger partial charge in [-0.25, -0.2) is 9.37 Å². The van der Waals surface area contributed by atoms with Crippen LogP contribution in [-0.4, -0.2) is 48.6 Å². The van der Waals surface area contributed by atoms with Crippen molar-refractivity contribution < 1.29 is 23.1 Å². The predicted octanol–water partition coefficient (Wildman–Crippen LogP) is 4.72. The molecule has 0 aliphatic carbocycles. The van der Waals surface area contributed by atoms with Crippen molar-refractivity contribution in [3.05, 3.63) is 52.6 Å². The number of amides is 1. The molecule has 190 valence electrons. The molecule has 0 spiro atoms. The first-order chi connectivity index (χ1) is 17.4. The Labute approximate surface area is 213 Å². The molecule has 8 nitrogen and oxygen atoms in total. The lowest BCUT2D eigenvalue weighted by molar-refractivity contribution is -0.132. The van der Waals surface area contributed by atoms with Crippen LogP contribution in [0.5, 0.6) is 11.5 Å². The van der Waals surface area contributed by atoms with E-state index in [1.807, 2.05) is 4.90 Å². The van der Waals surface area contributed by atoms with E-state index >= 15 is 0 Å². The zero-order chi connectivity index (χ0) is 25.4. The van der Waals surface area contributed by atoms with Gasteiger partial charge in [0, 0.05) is 24.8 Å². The van der Waals surface area contributed by atoms with E-state index in [1.165, 1.54) is 19.2 Å². The van der Waals surface area contributed by atoms with Gasteiger partial charge in [-0.05, 0) is 50.4 Å². The molecule has 2 aromatic heterocycles. The third-order valence-electron chi connectivity index (χ3n) is 6.84. The number of aromatic nitrogens is 1. The number of fused-ring (bicyclic) bond motifs is 1. The van der Waals surface area contributed by atoms with Crippen molar-refractivity contribution in [1.82, 2.24) is 15.2 Å². The second-order valence-corrected chi connectivity index (χ2v) is 9.39. The molecule has 2 aliphatic rings. The third-order valence-corrected chi connectivity index (χ3v) is 7.22. The quantitative estimate of drug-likeness (QED) is 0.490. The number of pyridine rings is 1. The number of methoxy groups -OCH3 is 1. The van der Waals surface area contributed by atoms with Crippen molar-refractivity contribution in [2.45, 2.75) is 38.3 Å². The van der Waals surface area contributed by atoms with E-state index in [-0.39, 0.29) is 28.5 Å². The molecule has 10 heteroatoms. The summed E-state index contributed by atoms with van der Waals surface area (Å²) in [6.07, 6.45) is 7.27. The molecule has 2 aliphatic heterocycles. The monoisotopic (exact) mass is 514 g/mol. The molecular formula is C26H28ClFN4O4. The number of nitrogen functional groups attached to an aromatic ring is 1. The molecule has 36 heavy (non-hydrogen) atoms. The number of rotatable bonds is 6. The van der Waals surface area contributed by atoms with Crippen molar-refractivity contribution in [1.29, 1.82) is 0 Å². The standard InChI is InChI=1S/C26H28ClFN4O4/c1-14(21-20(34-2)6-5-18(28)22(21)27)36-24-23-16(12-31-25(24)29)17(13-35-23)15-7-10-32(11-8-15)26(33)19-4-3-9-30-19/h5-7,12-14,19,30H,3-4,8-11H2,1-2H3,(H2,29,31)/t14-,19?/m1/s1. The summed E-state index contributed by atoms with van der Waals surface area (Å²) < 4.78 is 31.6. The predicted molar refractivity (Wildman–Crippen MR) is 136 cm³/mol. The number of ether oxygens (including phenoxy) is 2. The van der Waals surface area contributed by atoms with Crippen molar-refractivity contribution in [3.63, 3.8) is 0 Å². The van der Waals surface area contributed by atoms with Gasteiger partial charge in [-0.3, -0.25) is 4.79 Å². The molecule has 0 saturated carbocycles. The summed E-state index contributed by atoms with van der Waals surface area (Å²) in [6, 6.07) is 2.66. The Morgan fingerprint density at radius 3 is 2.94 bits per heavy atom.